The molecule has 0 radical (unpaired) electrons. The number of hydrogen-bond donors (Lipinski definition) is 0. The number of ether oxygens (including phenoxy) is 2. The van der Waals surface area contributed by atoms with Gasteiger partial charge in [-0.1, -0.05) is 30.3 Å². The van der Waals surface area contributed by atoms with Crippen molar-refractivity contribution >= 4 is 0 Å². The van der Waals surface area contributed by atoms with E-state index < -0.39 is 17.3 Å². The second kappa shape index (κ2) is 9.03. The molecule has 1 saturated carbocycles. The van der Waals surface area contributed by atoms with Gasteiger partial charge in [-0.3, -0.25) is 9.69 Å². The zero-order valence-corrected chi connectivity index (χ0v) is 19.5. The molecular weight excluding hydrogens is 459 g/mol. The van der Waals surface area contributed by atoms with Crippen molar-refractivity contribution in [3.8, 4) is 11.5 Å². The van der Waals surface area contributed by atoms with Crippen LogP contribution in [-0.4, -0.2) is 35.4 Å². The van der Waals surface area contributed by atoms with E-state index in [1.54, 1.807) is 14.2 Å². The summed E-state index contributed by atoms with van der Waals surface area (Å²) in [5.41, 5.74) is 1.04. The lowest BCUT2D eigenvalue weighted by Gasteiger charge is -2.38. The van der Waals surface area contributed by atoms with Crippen molar-refractivity contribution in [1.29, 1.82) is 0 Å². The number of rotatable bonds is 6. The van der Waals surface area contributed by atoms with Gasteiger partial charge in [0, 0.05) is 12.5 Å². The van der Waals surface area contributed by atoms with Crippen LogP contribution in [0.25, 0.3) is 0 Å². The molecule has 3 aromatic rings. The van der Waals surface area contributed by atoms with Crippen LogP contribution in [0, 0.1) is 0 Å². The molecule has 0 spiro atoms. The summed E-state index contributed by atoms with van der Waals surface area (Å²) < 4.78 is 53.0. The van der Waals surface area contributed by atoms with E-state index in [9.17, 15) is 18.0 Å². The average Bonchev–Trinajstić information content (AvgIpc) is 3.69. The molecule has 0 saturated heterocycles. The van der Waals surface area contributed by atoms with Crippen LogP contribution in [-0.2, 0) is 19.3 Å². The third kappa shape index (κ3) is 4.52. The highest BCUT2D eigenvalue weighted by Gasteiger charge is 2.38. The Balaban J connectivity index is 1.60. The smallest absolute Gasteiger partial charge is 0.421 e. The van der Waals surface area contributed by atoms with Gasteiger partial charge in [-0.2, -0.15) is 18.3 Å². The molecule has 35 heavy (non-hydrogen) atoms. The number of fused-ring (bicyclic) bond motifs is 1. The van der Waals surface area contributed by atoms with Crippen molar-refractivity contribution in [1.82, 2.24) is 14.7 Å². The maximum absolute atomic E-state index is 13.7. The van der Waals surface area contributed by atoms with Crippen molar-refractivity contribution < 1.29 is 22.6 Å². The van der Waals surface area contributed by atoms with Crippen molar-refractivity contribution in [3.05, 3.63) is 86.8 Å². The summed E-state index contributed by atoms with van der Waals surface area (Å²) in [7, 11) is 3.14. The van der Waals surface area contributed by atoms with Crippen LogP contribution in [0.4, 0.5) is 13.2 Å². The first kappa shape index (κ1) is 23.4. The molecule has 6 nitrogen and oxygen atoms in total. The summed E-state index contributed by atoms with van der Waals surface area (Å²) in [5, 5.41) is 4.37. The Morgan fingerprint density at radius 1 is 1.03 bits per heavy atom. The molecule has 2 aliphatic rings. The topological polar surface area (TPSA) is 56.6 Å². The first-order valence-electron chi connectivity index (χ1n) is 11.5. The van der Waals surface area contributed by atoms with Gasteiger partial charge in [-0.25, -0.2) is 4.68 Å². The molecule has 5 rings (SSSR count). The average molecular weight is 486 g/mol. The summed E-state index contributed by atoms with van der Waals surface area (Å²) in [6.45, 7) is 0.473. The van der Waals surface area contributed by atoms with Gasteiger partial charge in [-0.05, 0) is 54.2 Å². The Kier molecular flexibility index (Phi) is 6.04. The Bertz CT molecular complexity index is 1290. The van der Waals surface area contributed by atoms with E-state index >= 15 is 0 Å². The Labute approximate surface area is 200 Å². The standard InChI is InChI=1S/C26H26F3N3O3/c1-34-22-12-18-10-11-31(24(17-6-4-3-5-7-17)19(18)13-23(22)35-2)15-32-25(33)20(26(27,28)29)14-21(30-32)16-8-9-16/h3-7,12-14,16,24H,8-11,15H2,1-2H3. The number of benzene rings is 2. The van der Waals surface area contributed by atoms with Crippen molar-refractivity contribution in [2.45, 2.75) is 44.1 Å². The molecule has 1 aliphatic carbocycles. The normalized spacial score (nSPS) is 18.3. The monoisotopic (exact) mass is 485 g/mol. The maximum atomic E-state index is 13.7. The van der Waals surface area contributed by atoms with Crippen LogP contribution in [0.15, 0.2) is 53.3 Å². The summed E-state index contributed by atoms with van der Waals surface area (Å²) in [6, 6.07) is 14.2. The summed E-state index contributed by atoms with van der Waals surface area (Å²) in [4.78, 5) is 14.9. The van der Waals surface area contributed by atoms with Crippen molar-refractivity contribution in [3.63, 3.8) is 0 Å². The quantitative estimate of drug-likeness (QED) is 0.504. The number of methoxy groups -OCH3 is 2. The maximum Gasteiger partial charge on any atom is 0.421 e. The Morgan fingerprint density at radius 3 is 2.34 bits per heavy atom. The number of hydrogen-bond acceptors (Lipinski definition) is 5. The first-order valence-corrected chi connectivity index (χ1v) is 11.5. The highest BCUT2D eigenvalue weighted by molar-refractivity contribution is 5.51. The molecule has 0 N–H and O–H groups in total. The number of alkyl halides is 3. The van der Waals surface area contributed by atoms with Crippen LogP contribution in [0.1, 0.15) is 52.7 Å². The van der Waals surface area contributed by atoms with Gasteiger partial charge in [0.1, 0.15) is 5.56 Å². The Hall–Kier alpha value is -3.33. The predicted molar refractivity (Wildman–Crippen MR) is 124 cm³/mol. The fourth-order valence-electron chi connectivity index (χ4n) is 4.79. The molecule has 1 aromatic heterocycles. The molecular formula is C26H26F3N3O3. The molecule has 1 aliphatic heterocycles. The van der Waals surface area contributed by atoms with Gasteiger partial charge in [-0.15, -0.1) is 0 Å². The molecule has 2 aromatic carbocycles. The van der Waals surface area contributed by atoms with Gasteiger partial charge < -0.3 is 9.47 Å². The molecule has 2 heterocycles. The van der Waals surface area contributed by atoms with Gasteiger partial charge in [0.05, 0.1) is 32.6 Å². The van der Waals surface area contributed by atoms with Crippen LogP contribution in [0.3, 0.4) is 0 Å². The van der Waals surface area contributed by atoms with E-state index in [4.69, 9.17) is 9.47 Å². The predicted octanol–water partition coefficient (Wildman–Crippen LogP) is 4.76. The van der Waals surface area contributed by atoms with Gasteiger partial charge in [0.2, 0.25) is 0 Å². The van der Waals surface area contributed by atoms with Gasteiger partial charge >= 0.3 is 6.18 Å². The third-order valence-electron chi connectivity index (χ3n) is 6.70. The van der Waals surface area contributed by atoms with Crippen molar-refractivity contribution in [2.75, 3.05) is 20.8 Å². The van der Waals surface area contributed by atoms with Gasteiger partial charge in [0.15, 0.2) is 11.5 Å². The summed E-state index contributed by atoms with van der Waals surface area (Å²) in [5.74, 6) is 1.17. The lowest BCUT2D eigenvalue weighted by Crippen LogP contribution is -2.42. The second-order valence-corrected chi connectivity index (χ2v) is 8.98. The first-order chi connectivity index (χ1) is 16.8. The van der Waals surface area contributed by atoms with E-state index in [2.05, 4.69) is 5.10 Å². The van der Waals surface area contributed by atoms with Crippen LogP contribution in [0.5, 0.6) is 11.5 Å². The van der Waals surface area contributed by atoms with E-state index in [1.807, 2.05) is 47.4 Å². The van der Waals surface area contributed by atoms with Crippen LogP contribution >= 0.6 is 0 Å². The third-order valence-corrected chi connectivity index (χ3v) is 6.70. The molecule has 0 amide bonds. The van der Waals surface area contributed by atoms with Crippen LogP contribution in [0.2, 0.25) is 0 Å². The highest BCUT2D eigenvalue weighted by atomic mass is 19.4. The van der Waals surface area contributed by atoms with E-state index in [0.717, 1.165) is 40.3 Å². The lowest BCUT2D eigenvalue weighted by atomic mass is 9.88. The molecule has 1 unspecified atom stereocenters. The molecule has 9 heteroatoms. The number of halogens is 3. The summed E-state index contributed by atoms with van der Waals surface area (Å²) >= 11 is 0. The molecule has 184 valence electrons. The minimum Gasteiger partial charge on any atom is -0.493 e. The van der Waals surface area contributed by atoms with E-state index in [-0.39, 0.29) is 18.6 Å². The SMILES string of the molecule is COc1cc2c(cc1OC)C(c1ccccc1)N(Cn1nc(C3CC3)cc(C(F)(F)F)c1=O)CC2. The van der Waals surface area contributed by atoms with Crippen LogP contribution < -0.4 is 15.0 Å². The largest absolute Gasteiger partial charge is 0.493 e. The zero-order valence-electron chi connectivity index (χ0n) is 19.5. The highest BCUT2D eigenvalue weighted by Crippen LogP contribution is 2.42. The number of nitrogens with zero attached hydrogens (tertiary/aromatic N) is 3. The number of aromatic nitrogens is 2. The minimum absolute atomic E-state index is 0.0216. The minimum atomic E-state index is -4.73. The fourth-order valence-corrected chi connectivity index (χ4v) is 4.79. The summed E-state index contributed by atoms with van der Waals surface area (Å²) in [6.07, 6.45) is -2.52. The molecule has 0 bridgehead atoms. The zero-order chi connectivity index (χ0) is 24.7. The molecule has 1 atom stereocenters. The molecule has 1 fully saturated rings. The van der Waals surface area contributed by atoms with Crippen molar-refractivity contribution in [2.24, 2.45) is 0 Å². The second-order valence-electron chi connectivity index (χ2n) is 8.98. The van der Waals surface area contributed by atoms with E-state index in [1.165, 1.54) is 0 Å². The Morgan fingerprint density at radius 2 is 1.71 bits per heavy atom. The van der Waals surface area contributed by atoms with Gasteiger partial charge in [0.25, 0.3) is 5.56 Å². The van der Waals surface area contributed by atoms with E-state index in [0.29, 0.717) is 30.2 Å². The fraction of sp³-hybridized carbons (Fsp3) is 0.385. The lowest BCUT2D eigenvalue weighted by molar-refractivity contribution is -0.139.